The maximum Gasteiger partial charge on any atom is 0.160 e. The molecule has 1 aromatic carbocycles. The summed E-state index contributed by atoms with van der Waals surface area (Å²) >= 11 is 0. The van der Waals surface area contributed by atoms with E-state index in [2.05, 4.69) is 45.6 Å². The summed E-state index contributed by atoms with van der Waals surface area (Å²) in [4.78, 5) is 3.17. The van der Waals surface area contributed by atoms with E-state index in [1.54, 1.807) is 0 Å². The van der Waals surface area contributed by atoms with E-state index in [0.29, 0.717) is 6.04 Å². The lowest BCUT2D eigenvalue weighted by Gasteiger charge is -2.24. The molecule has 5 heteroatoms. The van der Waals surface area contributed by atoms with Crippen LogP contribution in [-0.4, -0.2) is 28.3 Å². The molecule has 2 aromatic heterocycles. The van der Waals surface area contributed by atoms with E-state index < -0.39 is 0 Å². The van der Waals surface area contributed by atoms with Gasteiger partial charge in [-0.05, 0) is 73.2 Å². The summed E-state index contributed by atoms with van der Waals surface area (Å²) in [5, 5.41) is 13.6. The number of hydrogen-bond donors (Lipinski definition) is 2. The van der Waals surface area contributed by atoms with Gasteiger partial charge in [0.25, 0.3) is 0 Å². The van der Waals surface area contributed by atoms with E-state index in [4.69, 9.17) is 4.74 Å². The smallest absolute Gasteiger partial charge is 0.160 e. The van der Waals surface area contributed by atoms with Gasteiger partial charge in [-0.15, -0.1) is 10.2 Å². The molecule has 0 saturated carbocycles. The molecule has 0 spiro atoms. The van der Waals surface area contributed by atoms with Crippen molar-refractivity contribution in [3.63, 3.8) is 0 Å². The second kappa shape index (κ2) is 5.93. The van der Waals surface area contributed by atoms with Gasteiger partial charge in [0.05, 0.1) is 18.9 Å². The van der Waals surface area contributed by atoms with E-state index in [-0.39, 0.29) is 0 Å². The first kappa shape index (κ1) is 15.0. The molecule has 1 atom stereocenters. The molecule has 2 aliphatic rings. The van der Waals surface area contributed by atoms with Gasteiger partial charge in [-0.1, -0.05) is 0 Å². The lowest BCUT2D eigenvalue weighted by Crippen LogP contribution is -2.19. The van der Waals surface area contributed by atoms with Gasteiger partial charge in [-0.25, -0.2) is 0 Å². The fourth-order valence-electron chi connectivity index (χ4n) is 4.12. The first-order valence-electron chi connectivity index (χ1n) is 9.08. The van der Waals surface area contributed by atoms with Crippen molar-refractivity contribution >= 4 is 11.0 Å². The third kappa shape index (κ3) is 2.55. The summed E-state index contributed by atoms with van der Waals surface area (Å²) in [6.45, 7) is 4.72. The van der Waals surface area contributed by atoms with Crippen LogP contribution in [0.2, 0.25) is 0 Å². The predicted molar refractivity (Wildman–Crippen MR) is 97.4 cm³/mol. The Hall–Kier alpha value is -2.24. The molecule has 128 valence electrons. The molecule has 0 radical (unpaired) electrons. The average Bonchev–Trinajstić information content (AvgIpc) is 3.31. The monoisotopic (exact) mass is 334 g/mol. The zero-order chi connectivity index (χ0) is 16.8. The lowest BCUT2D eigenvalue weighted by atomic mass is 9.89. The number of aromatic amines is 1. The van der Waals surface area contributed by atoms with Crippen molar-refractivity contribution in [2.75, 3.05) is 13.2 Å². The van der Waals surface area contributed by atoms with Gasteiger partial charge in [0, 0.05) is 23.2 Å². The molecule has 0 aliphatic carbocycles. The summed E-state index contributed by atoms with van der Waals surface area (Å²) in [5.74, 6) is 0. The number of aromatic nitrogens is 3. The van der Waals surface area contributed by atoms with Crippen LogP contribution < -0.4 is 5.32 Å². The lowest BCUT2D eigenvalue weighted by molar-refractivity contribution is 0.109. The van der Waals surface area contributed by atoms with Crippen LogP contribution in [-0.2, 0) is 17.8 Å². The molecular weight excluding hydrogens is 312 g/mol. The van der Waals surface area contributed by atoms with Crippen molar-refractivity contribution in [2.24, 2.45) is 0 Å². The van der Waals surface area contributed by atoms with Crippen molar-refractivity contribution < 1.29 is 4.74 Å². The summed E-state index contributed by atoms with van der Waals surface area (Å²) in [5.41, 5.74) is 8.34. The topological polar surface area (TPSA) is 62.8 Å². The Bertz CT molecular complexity index is 940. The van der Waals surface area contributed by atoms with Crippen LogP contribution in [0.5, 0.6) is 0 Å². The van der Waals surface area contributed by atoms with Crippen LogP contribution in [0.15, 0.2) is 24.4 Å². The van der Waals surface area contributed by atoms with Crippen molar-refractivity contribution in [1.82, 2.24) is 20.5 Å². The van der Waals surface area contributed by atoms with Crippen LogP contribution in [0.3, 0.4) is 0 Å². The van der Waals surface area contributed by atoms with Gasteiger partial charge in [0.2, 0.25) is 0 Å². The Morgan fingerprint density at radius 2 is 2.16 bits per heavy atom. The molecule has 5 nitrogen and oxygen atoms in total. The third-order valence-electron chi connectivity index (χ3n) is 5.51. The zero-order valence-electron chi connectivity index (χ0n) is 14.4. The number of nitrogens with zero attached hydrogens (tertiary/aromatic N) is 2. The van der Waals surface area contributed by atoms with Gasteiger partial charge in [0.15, 0.2) is 5.65 Å². The standard InChI is InChI=1S/C20H22N4O/c1-12-10-22-20-15(12)9-19(23-24-20)14-7-13-4-6-25-11-17(13)16(8-14)18-3-2-5-21-18/h7-10,18,21H,2-6,11H2,1H3,(H,22,24). The highest BCUT2D eigenvalue weighted by atomic mass is 16.5. The SMILES string of the molecule is Cc1c[nH]c2nnc(-c3cc4c(c(C5CCCN5)c3)COCC4)cc12. The molecule has 2 aliphatic heterocycles. The number of nitrogens with one attached hydrogen (secondary N) is 2. The molecule has 0 bridgehead atoms. The number of fused-ring (bicyclic) bond motifs is 2. The Morgan fingerprint density at radius 3 is 3.04 bits per heavy atom. The normalized spacial score (nSPS) is 20.1. The van der Waals surface area contributed by atoms with Crippen molar-refractivity contribution in [3.05, 3.63) is 46.6 Å². The summed E-state index contributed by atoms with van der Waals surface area (Å²) in [7, 11) is 0. The molecule has 1 unspecified atom stereocenters. The van der Waals surface area contributed by atoms with Gasteiger partial charge in [-0.2, -0.15) is 0 Å². The summed E-state index contributed by atoms with van der Waals surface area (Å²) in [6, 6.07) is 7.17. The number of H-pyrrole nitrogens is 1. The molecule has 4 heterocycles. The molecule has 2 N–H and O–H groups in total. The maximum atomic E-state index is 5.74. The summed E-state index contributed by atoms with van der Waals surface area (Å²) < 4.78 is 5.74. The quantitative estimate of drug-likeness (QED) is 0.754. The van der Waals surface area contributed by atoms with Crippen LogP contribution in [0, 0.1) is 6.92 Å². The van der Waals surface area contributed by atoms with Crippen LogP contribution >= 0.6 is 0 Å². The molecule has 25 heavy (non-hydrogen) atoms. The van der Waals surface area contributed by atoms with Gasteiger partial charge in [0.1, 0.15) is 0 Å². The number of aryl methyl sites for hydroxylation is 1. The Kier molecular flexibility index (Phi) is 3.57. The largest absolute Gasteiger partial charge is 0.376 e. The zero-order valence-corrected chi connectivity index (χ0v) is 14.4. The second-order valence-corrected chi connectivity index (χ2v) is 7.12. The maximum absolute atomic E-state index is 5.74. The first-order valence-corrected chi connectivity index (χ1v) is 9.08. The highest BCUT2D eigenvalue weighted by Gasteiger charge is 2.24. The minimum Gasteiger partial charge on any atom is -0.376 e. The fraction of sp³-hybridized carbons (Fsp3) is 0.400. The van der Waals surface area contributed by atoms with E-state index in [0.717, 1.165) is 42.9 Å². The number of benzene rings is 1. The van der Waals surface area contributed by atoms with Gasteiger partial charge in [-0.3, -0.25) is 0 Å². The molecule has 1 fully saturated rings. The number of rotatable bonds is 2. The minimum absolute atomic E-state index is 0.432. The van der Waals surface area contributed by atoms with E-state index in [1.807, 2.05) is 6.20 Å². The average molecular weight is 334 g/mol. The highest BCUT2D eigenvalue weighted by Crippen LogP contribution is 2.35. The van der Waals surface area contributed by atoms with Crippen molar-refractivity contribution in [1.29, 1.82) is 0 Å². The van der Waals surface area contributed by atoms with Crippen LogP contribution in [0.1, 0.15) is 41.1 Å². The molecule has 5 rings (SSSR count). The molecular formula is C20H22N4O. The number of hydrogen-bond acceptors (Lipinski definition) is 4. The molecule has 3 aromatic rings. The van der Waals surface area contributed by atoms with Crippen LogP contribution in [0.4, 0.5) is 0 Å². The predicted octanol–water partition coefficient (Wildman–Crippen LogP) is 3.43. The minimum atomic E-state index is 0.432. The molecule has 0 amide bonds. The fourth-order valence-corrected chi connectivity index (χ4v) is 4.12. The van der Waals surface area contributed by atoms with Crippen molar-refractivity contribution in [2.45, 2.75) is 38.8 Å². The van der Waals surface area contributed by atoms with Gasteiger partial charge < -0.3 is 15.0 Å². The summed E-state index contributed by atoms with van der Waals surface area (Å²) in [6.07, 6.45) is 5.39. The van der Waals surface area contributed by atoms with E-state index >= 15 is 0 Å². The van der Waals surface area contributed by atoms with Crippen molar-refractivity contribution in [3.8, 4) is 11.3 Å². The van der Waals surface area contributed by atoms with Crippen LogP contribution in [0.25, 0.3) is 22.3 Å². The third-order valence-corrected chi connectivity index (χ3v) is 5.51. The Balaban J connectivity index is 1.66. The van der Waals surface area contributed by atoms with E-state index in [9.17, 15) is 0 Å². The Morgan fingerprint density at radius 1 is 1.20 bits per heavy atom. The second-order valence-electron chi connectivity index (χ2n) is 7.12. The van der Waals surface area contributed by atoms with Gasteiger partial charge >= 0.3 is 0 Å². The molecule has 1 saturated heterocycles. The first-order chi connectivity index (χ1) is 12.3. The van der Waals surface area contributed by atoms with E-state index in [1.165, 1.54) is 40.7 Å². The highest BCUT2D eigenvalue weighted by molar-refractivity contribution is 5.83. The number of ether oxygens (including phenoxy) is 1. The Labute approximate surface area is 146 Å².